The van der Waals surface area contributed by atoms with Crippen molar-refractivity contribution in [1.82, 2.24) is 15.5 Å². The molecule has 1 N–H and O–H groups in total. The Labute approximate surface area is 109 Å². The van der Waals surface area contributed by atoms with Crippen molar-refractivity contribution >= 4 is 6.01 Å². The smallest absolute Gasteiger partial charge is 0.318 e. The minimum absolute atomic E-state index is 0.107. The lowest BCUT2D eigenvalue weighted by atomic mass is 9.82. The van der Waals surface area contributed by atoms with Crippen molar-refractivity contribution < 1.29 is 4.42 Å². The molecule has 2 heterocycles. The standard InChI is InChI=1S/C13H24N4O/c1-5-13(6-2)7-8-17(9-13)12-16-15-11(18-12)10(3)14-4/h10,14H,5-9H2,1-4H3. The fourth-order valence-corrected chi connectivity index (χ4v) is 2.58. The predicted octanol–water partition coefficient (Wildman–Crippen LogP) is 2.37. The van der Waals surface area contributed by atoms with Gasteiger partial charge in [-0.05, 0) is 38.6 Å². The first kappa shape index (κ1) is 13.3. The fourth-order valence-electron chi connectivity index (χ4n) is 2.58. The maximum absolute atomic E-state index is 5.74. The Morgan fingerprint density at radius 3 is 2.67 bits per heavy atom. The zero-order valence-electron chi connectivity index (χ0n) is 11.9. The molecule has 5 nitrogen and oxygen atoms in total. The summed E-state index contributed by atoms with van der Waals surface area (Å²) < 4.78 is 5.74. The van der Waals surface area contributed by atoms with Crippen molar-refractivity contribution in [3.8, 4) is 0 Å². The molecular weight excluding hydrogens is 228 g/mol. The van der Waals surface area contributed by atoms with Crippen LogP contribution in [0.2, 0.25) is 0 Å². The van der Waals surface area contributed by atoms with Crippen LogP contribution in [0.3, 0.4) is 0 Å². The number of hydrogen-bond acceptors (Lipinski definition) is 5. The van der Waals surface area contributed by atoms with Crippen LogP contribution in [0, 0.1) is 5.41 Å². The molecule has 0 radical (unpaired) electrons. The van der Waals surface area contributed by atoms with E-state index in [2.05, 4.69) is 34.3 Å². The Balaban J connectivity index is 2.07. The summed E-state index contributed by atoms with van der Waals surface area (Å²) in [7, 11) is 1.89. The third-order valence-electron chi connectivity index (χ3n) is 4.44. The summed E-state index contributed by atoms with van der Waals surface area (Å²) in [6.45, 7) is 8.63. The minimum atomic E-state index is 0.107. The van der Waals surface area contributed by atoms with Crippen molar-refractivity contribution in [2.24, 2.45) is 5.41 Å². The number of nitrogens with one attached hydrogen (secondary N) is 1. The third kappa shape index (κ3) is 2.36. The van der Waals surface area contributed by atoms with Crippen LogP contribution in [0.5, 0.6) is 0 Å². The third-order valence-corrected chi connectivity index (χ3v) is 4.44. The summed E-state index contributed by atoms with van der Waals surface area (Å²) in [5.41, 5.74) is 0.434. The average molecular weight is 252 g/mol. The summed E-state index contributed by atoms with van der Waals surface area (Å²) in [5, 5.41) is 11.4. The molecule has 1 atom stereocenters. The van der Waals surface area contributed by atoms with Gasteiger partial charge >= 0.3 is 6.01 Å². The lowest BCUT2D eigenvalue weighted by molar-refractivity contribution is 0.299. The summed E-state index contributed by atoms with van der Waals surface area (Å²) in [4.78, 5) is 2.23. The summed E-state index contributed by atoms with van der Waals surface area (Å²) in [6, 6.07) is 0.784. The van der Waals surface area contributed by atoms with E-state index < -0.39 is 0 Å². The van der Waals surface area contributed by atoms with Crippen molar-refractivity contribution in [1.29, 1.82) is 0 Å². The van der Waals surface area contributed by atoms with Gasteiger partial charge in [-0.3, -0.25) is 0 Å². The molecule has 1 fully saturated rings. The Morgan fingerprint density at radius 2 is 2.11 bits per heavy atom. The van der Waals surface area contributed by atoms with Gasteiger partial charge in [-0.25, -0.2) is 0 Å². The molecule has 1 unspecified atom stereocenters. The van der Waals surface area contributed by atoms with Gasteiger partial charge in [-0.2, -0.15) is 0 Å². The molecule has 2 rings (SSSR count). The van der Waals surface area contributed by atoms with Crippen LogP contribution in [0.4, 0.5) is 6.01 Å². The Bertz CT molecular complexity index is 386. The molecule has 102 valence electrons. The van der Waals surface area contributed by atoms with Gasteiger partial charge in [0.2, 0.25) is 5.89 Å². The van der Waals surface area contributed by atoms with Crippen LogP contribution in [0.25, 0.3) is 0 Å². The Morgan fingerprint density at radius 1 is 1.39 bits per heavy atom. The highest BCUT2D eigenvalue weighted by molar-refractivity contribution is 5.28. The maximum Gasteiger partial charge on any atom is 0.318 e. The van der Waals surface area contributed by atoms with Crippen LogP contribution in [-0.2, 0) is 0 Å². The first-order valence-corrected chi connectivity index (χ1v) is 6.89. The normalized spacial score (nSPS) is 20.3. The largest absolute Gasteiger partial charge is 0.406 e. The van der Waals surface area contributed by atoms with Crippen molar-refractivity contribution in [3.05, 3.63) is 5.89 Å². The molecule has 0 spiro atoms. The predicted molar refractivity (Wildman–Crippen MR) is 71.6 cm³/mol. The summed E-state index contributed by atoms with van der Waals surface area (Å²) in [6.07, 6.45) is 3.65. The van der Waals surface area contributed by atoms with Crippen LogP contribution < -0.4 is 10.2 Å². The SMILES string of the molecule is CCC1(CC)CCN(c2nnc(C(C)NC)o2)C1. The molecule has 0 aliphatic carbocycles. The molecule has 1 aromatic rings. The monoisotopic (exact) mass is 252 g/mol. The highest BCUT2D eigenvalue weighted by Crippen LogP contribution is 2.38. The van der Waals surface area contributed by atoms with Crippen molar-refractivity contribution in [3.63, 3.8) is 0 Å². The highest BCUT2D eigenvalue weighted by Gasteiger charge is 2.37. The van der Waals surface area contributed by atoms with E-state index in [1.165, 1.54) is 19.3 Å². The summed E-state index contributed by atoms with van der Waals surface area (Å²) >= 11 is 0. The molecule has 0 amide bonds. The first-order chi connectivity index (χ1) is 8.64. The van der Waals surface area contributed by atoms with Crippen molar-refractivity contribution in [2.75, 3.05) is 25.0 Å². The number of rotatable bonds is 5. The van der Waals surface area contributed by atoms with Gasteiger partial charge in [0.15, 0.2) is 0 Å². The molecule has 0 bridgehead atoms. The van der Waals surface area contributed by atoms with Gasteiger partial charge in [-0.15, -0.1) is 5.10 Å². The van der Waals surface area contributed by atoms with Crippen molar-refractivity contribution in [2.45, 2.75) is 46.1 Å². The zero-order chi connectivity index (χ0) is 13.2. The van der Waals surface area contributed by atoms with E-state index in [1.807, 2.05) is 14.0 Å². The van der Waals surface area contributed by atoms with Gasteiger partial charge in [-0.1, -0.05) is 18.9 Å². The van der Waals surface area contributed by atoms with E-state index in [9.17, 15) is 0 Å². The average Bonchev–Trinajstić information content (AvgIpc) is 3.04. The molecule has 0 aromatic carbocycles. The van der Waals surface area contributed by atoms with Gasteiger partial charge in [0, 0.05) is 13.1 Å². The minimum Gasteiger partial charge on any atom is -0.406 e. The molecule has 1 aliphatic heterocycles. The molecule has 1 aliphatic rings. The topological polar surface area (TPSA) is 54.2 Å². The second-order valence-corrected chi connectivity index (χ2v) is 5.31. The second-order valence-electron chi connectivity index (χ2n) is 5.31. The molecule has 0 saturated carbocycles. The second kappa shape index (κ2) is 5.26. The lowest BCUT2D eigenvalue weighted by Gasteiger charge is -2.25. The lowest BCUT2D eigenvalue weighted by Crippen LogP contribution is -2.26. The Hall–Kier alpha value is -1.10. The van der Waals surface area contributed by atoms with Gasteiger partial charge in [0.05, 0.1) is 6.04 Å². The van der Waals surface area contributed by atoms with Crippen LogP contribution in [0.1, 0.15) is 52.0 Å². The van der Waals surface area contributed by atoms with Gasteiger partial charge in [0.25, 0.3) is 0 Å². The van der Waals surface area contributed by atoms with E-state index in [0.29, 0.717) is 17.3 Å². The number of hydrogen-bond donors (Lipinski definition) is 1. The molecule has 18 heavy (non-hydrogen) atoms. The summed E-state index contributed by atoms with van der Waals surface area (Å²) in [5.74, 6) is 0.665. The van der Waals surface area contributed by atoms with E-state index in [1.54, 1.807) is 0 Å². The number of anilines is 1. The van der Waals surface area contributed by atoms with E-state index >= 15 is 0 Å². The Kier molecular flexibility index (Phi) is 3.90. The van der Waals surface area contributed by atoms with Gasteiger partial charge in [0.1, 0.15) is 0 Å². The number of aromatic nitrogens is 2. The molecular formula is C13H24N4O. The maximum atomic E-state index is 5.74. The molecule has 5 heteroatoms. The zero-order valence-corrected chi connectivity index (χ0v) is 11.9. The first-order valence-electron chi connectivity index (χ1n) is 6.89. The fraction of sp³-hybridized carbons (Fsp3) is 0.846. The number of nitrogens with zero attached hydrogens (tertiary/aromatic N) is 3. The molecule has 1 aromatic heterocycles. The van der Waals surface area contributed by atoms with E-state index in [0.717, 1.165) is 13.1 Å². The van der Waals surface area contributed by atoms with E-state index in [-0.39, 0.29) is 6.04 Å². The quantitative estimate of drug-likeness (QED) is 0.872. The van der Waals surface area contributed by atoms with Crippen LogP contribution in [0.15, 0.2) is 4.42 Å². The van der Waals surface area contributed by atoms with E-state index in [4.69, 9.17) is 4.42 Å². The van der Waals surface area contributed by atoms with Crippen LogP contribution in [-0.4, -0.2) is 30.3 Å². The van der Waals surface area contributed by atoms with Crippen LogP contribution >= 0.6 is 0 Å². The molecule has 1 saturated heterocycles. The van der Waals surface area contributed by atoms with Gasteiger partial charge < -0.3 is 14.6 Å². The highest BCUT2D eigenvalue weighted by atomic mass is 16.4.